The van der Waals surface area contributed by atoms with Crippen LogP contribution in [0, 0.1) is 11.3 Å². The van der Waals surface area contributed by atoms with E-state index < -0.39 is 5.54 Å². The van der Waals surface area contributed by atoms with Gasteiger partial charge in [-0.05, 0) is 25.5 Å². The number of nitriles is 1. The fourth-order valence-electron chi connectivity index (χ4n) is 1.79. The highest BCUT2D eigenvalue weighted by molar-refractivity contribution is 5.14. The zero-order valence-corrected chi connectivity index (χ0v) is 11.3. The molecule has 18 heavy (non-hydrogen) atoms. The molecule has 0 aliphatic heterocycles. The van der Waals surface area contributed by atoms with Crippen LogP contribution in [0.15, 0.2) is 30.3 Å². The van der Waals surface area contributed by atoms with Crippen LogP contribution in [-0.2, 0) is 11.2 Å². The van der Waals surface area contributed by atoms with E-state index in [1.165, 1.54) is 5.56 Å². The van der Waals surface area contributed by atoms with E-state index in [-0.39, 0.29) is 0 Å². The third-order valence-corrected chi connectivity index (χ3v) is 2.94. The summed E-state index contributed by atoms with van der Waals surface area (Å²) in [5.74, 6) is 0. The highest BCUT2D eigenvalue weighted by atomic mass is 16.5. The first-order chi connectivity index (χ1) is 8.70. The molecule has 0 fully saturated rings. The van der Waals surface area contributed by atoms with Gasteiger partial charge in [0.25, 0.3) is 0 Å². The van der Waals surface area contributed by atoms with E-state index in [4.69, 9.17) is 10.00 Å². The maximum Gasteiger partial charge on any atom is 0.106 e. The Labute approximate surface area is 110 Å². The Morgan fingerprint density at radius 1 is 1.28 bits per heavy atom. The first-order valence-electron chi connectivity index (χ1n) is 6.48. The van der Waals surface area contributed by atoms with E-state index in [2.05, 4.69) is 23.5 Å². The van der Waals surface area contributed by atoms with Gasteiger partial charge in [0.15, 0.2) is 0 Å². The van der Waals surface area contributed by atoms with Gasteiger partial charge in [0.2, 0.25) is 0 Å². The molecule has 3 heteroatoms. The fraction of sp³-hybridized carbons (Fsp3) is 0.533. The topological polar surface area (TPSA) is 45.0 Å². The summed E-state index contributed by atoms with van der Waals surface area (Å²) in [5.41, 5.74) is 0.814. The molecule has 0 aromatic heterocycles. The number of benzene rings is 1. The van der Waals surface area contributed by atoms with Gasteiger partial charge in [-0.2, -0.15) is 5.26 Å². The first-order valence-corrected chi connectivity index (χ1v) is 6.48. The van der Waals surface area contributed by atoms with Crippen LogP contribution in [0.1, 0.15) is 25.8 Å². The van der Waals surface area contributed by atoms with E-state index in [9.17, 15) is 0 Å². The van der Waals surface area contributed by atoms with Crippen molar-refractivity contribution in [2.45, 2.75) is 32.2 Å². The van der Waals surface area contributed by atoms with Crippen molar-refractivity contribution in [3.8, 4) is 6.07 Å². The molecule has 1 aromatic carbocycles. The number of rotatable bonds is 8. The van der Waals surface area contributed by atoms with E-state index in [1.54, 1.807) is 0 Å². The van der Waals surface area contributed by atoms with E-state index in [0.29, 0.717) is 19.6 Å². The number of nitrogens with one attached hydrogen (secondary N) is 1. The molecule has 0 heterocycles. The van der Waals surface area contributed by atoms with Crippen molar-refractivity contribution in [3.63, 3.8) is 0 Å². The highest BCUT2D eigenvalue weighted by Gasteiger charge is 2.21. The first kappa shape index (κ1) is 14.7. The van der Waals surface area contributed by atoms with Crippen molar-refractivity contribution >= 4 is 0 Å². The van der Waals surface area contributed by atoms with Crippen molar-refractivity contribution in [1.29, 1.82) is 5.26 Å². The van der Waals surface area contributed by atoms with E-state index in [1.807, 2.05) is 32.0 Å². The van der Waals surface area contributed by atoms with Crippen molar-refractivity contribution in [3.05, 3.63) is 35.9 Å². The highest BCUT2D eigenvalue weighted by Crippen LogP contribution is 2.08. The van der Waals surface area contributed by atoms with Gasteiger partial charge in [-0.25, -0.2) is 0 Å². The molecule has 0 bridgehead atoms. The molecule has 0 aliphatic rings. The normalized spacial score (nSPS) is 13.8. The maximum absolute atomic E-state index is 9.08. The van der Waals surface area contributed by atoms with Crippen LogP contribution in [0.3, 0.4) is 0 Å². The minimum Gasteiger partial charge on any atom is -0.381 e. The second-order valence-electron chi connectivity index (χ2n) is 4.57. The fourth-order valence-corrected chi connectivity index (χ4v) is 1.79. The van der Waals surface area contributed by atoms with Crippen LogP contribution < -0.4 is 5.32 Å². The summed E-state index contributed by atoms with van der Waals surface area (Å²) in [6.07, 6.45) is 1.64. The van der Waals surface area contributed by atoms with E-state index >= 15 is 0 Å². The summed E-state index contributed by atoms with van der Waals surface area (Å²) >= 11 is 0. The quantitative estimate of drug-likeness (QED) is 0.717. The SMILES string of the molecule is CCNC(C)(C#N)CCOCCc1ccccc1. The Bertz CT molecular complexity index is 372. The molecule has 0 saturated carbocycles. The Kier molecular flexibility index (Phi) is 6.42. The molecule has 0 amide bonds. The lowest BCUT2D eigenvalue weighted by atomic mass is 10.0. The van der Waals surface area contributed by atoms with Crippen molar-refractivity contribution in [2.24, 2.45) is 0 Å². The smallest absolute Gasteiger partial charge is 0.106 e. The molecule has 0 saturated heterocycles. The Morgan fingerprint density at radius 3 is 2.61 bits per heavy atom. The third-order valence-electron chi connectivity index (χ3n) is 2.94. The zero-order chi connectivity index (χ0) is 13.3. The summed E-state index contributed by atoms with van der Waals surface area (Å²) in [6.45, 7) is 6.04. The zero-order valence-electron chi connectivity index (χ0n) is 11.3. The minimum absolute atomic E-state index is 0.471. The standard InChI is InChI=1S/C15H22N2O/c1-3-17-15(2,13-16)10-12-18-11-9-14-7-5-4-6-8-14/h4-8,17H,3,9-12H2,1-2H3. The van der Waals surface area contributed by atoms with Gasteiger partial charge < -0.3 is 4.74 Å². The summed E-state index contributed by atoms with van der Waals surface area (Å²) in [4.78, 5) is 0. The predicted octanol–water partition coefficient (Wildman–Crippen LogP) is 2.53. The molecule has 0 spiro atoms. The predicted molar refractivity (Wildman–Crippen MR) is 73.3 cm³/mol. The summed E-state index contributed by atoms with van der Waals surface area (Å²) in [5, 5.41) is 12.3. The van der Waals surface area contributed by atoms with Gasteiger partial charge in [-0.1, -0.05) is 37.3 Å². The summed E-state index contributed by atoms with van der Waals surface area (Å²) in [6, 6.07) is 12.6. The molecule has 98 valence electrons. The van der Waals surface area contributed by atoms with Crippen LogP contribution in [-0.4, -0.2) is 25.3 Å². The second-order valence-corrected chi connectivity index (χ2v) is 4.57. The van der Waals surface area contributed by atoms with Crippen molar-refractivity contribution in [2.75, 3.05) is 19.8 Å². The van der Waals surface area contributed by atoms with Gasteiger partial charge in [0, 0.05) is 13.0 Å². The number of ether oxygens (including phenoxy) is 1. The summed E-state index contributed by atoms with van der Waals surface area (Å²) < 4.78 is 5.59. The van der Waals surface area contributed by atoms with Crippen LogP contribution in [0.4, 0.5) is 0 Å². The molecule has 1 rings (SSSR count). The molecule has 3 nitrogen and oxygen atoms in total. The van der Waals surface area contributed by atoms with Gasteiger partial charge in [0.1, 0.15) is 5.54 Å². The van der Waals surface area contributed by atoms with Gasteiger partial charge in [-0.15, -0.1) is 0 Å². The minimum atomic E-state index is -0.471. The summed E-state index contributed by atoms with van der Waals surface area (Å²) in [7, 11) is 0. The number of hydrogen-bond acceptors (Lipinski definition) is 3. The Hall–Kier alpha value is -1.37. The molecule has 0 radical (unpaired) electrons. The molecule has 0 aliphatic carbocycles. The van der Waals surface area contributed by atoms with Crippen LogP contribution in [0.2, 0.25) is 0 Å². The number of hydrogen-bond donors (Lipinski definition) is 1. The number of nitrogens with zero attached hydrogens (tertiary/aromatic N) is 1. The van der Waals surface area contributed by atoms with Crippen LogP contribution in [0.25, 0.3) is 0 Å². The lowest BCUT2D eigenvalue weighted by molar-refractivity contribution is 0.121. The van der Waals surface area contributed by atoms with Crippen LogP contribution >= 0.6 is 0 Å². The van der Waals surface area contributed by atoms with Gasteiger partial charge in [0.05, 0.1) is 12.7 Å². The third kappa shape index (κ3) is 5.31. The molecule has 1 atom stereocenters. The van der Waals surface area contributed by atoms with Gasteiger partial charge >= 0.3 is 0 Å². The molecule has 1 unspecified atom stereocenters. The molecular formula is C15H22N2O. The lowest BCUT2D eigenvalue weighted by Gasteiger charge is -2.22. The van der Waals surface area contributed by atoms with E-state index in [0.717, 1.165) is 13.0 Å². The van der Waals surface area contributed by atoms with Crippen LogP contribution in [0.5, 0.6) is 0 Å². The molecule has 1 aromatic rings. The lowest BCUT2D eigenvalue weighted by Crippen LogP contribution is -2.41. The average Bonchev–Trinajstić information content (AvgIpc) is 2.40. The average molecular weight is 246 g/mol. The monoisotopic (exact) mass is 246 g/mol. The Morgan fingerprint density at radius 2 is 2.00 bits per heavy atom. The van der Waals surface area contributed by atoms with Crippen molar-refractivity contribution < 1.29 is 4.74 Å². The maximum atomic E-state index is 9.08. The van der Waals surface area contributed by atoms with Crippen molar-refractivity contribution in [1.82, 2.24) is 5.32 Å². The Balaban J connectivity index is 2.17. The largest absolute Gasteiger partial charge is 0.381 e. The second kappa shape index (κ2) is 7.86. The molecular weight excluding hydrogens is 224 g/mol. The van der Waals surface area contributed by atoms with Gasteiger partial charge in [-0.3, -0.25) is 5.32 Å². The molecule has 1 N–H and O–H groups in total.